The molecule has 0 spiro atoms. The van der Waals surface area contributed by atoms with E-state index in [1.54, 1.807) is 0 Å². The van der Waals surface area contributed by atoms with Gasteiger partial charge in [0.1, 0.15) is 0 Å². The van der Waals surface area contributed by atoms with E-state index in [4.69, 9.17) is 0 Å². The van der Waals surface area contributed by atoms with Crippen LogP contribution in [0.1, 0.15) is 40.0 Å². The Hall–Kier alpha value is -0.220. The highest BCUT2D eigenvalue weighted by molar-refractivity contribution is 5.05. The molecule has 3 atom stereocenters. The summed E-state index contributed by atoms with van der Waals surface area (Å²) in [5, 5.41) is 3.60. The van der Waals surface area contributed by atoms with Gasteiger partial charge in [-0.1, -0.05) is 20.3 Å². The van der Waals surface area contributed by atoms with Crippen molar-refractivity contribution in [3.05, 3.63) is 0 Å². The predicted molar refractivity (Wildman–Crippen MR) is 70.0 cm³/mol. The molecular formula is C14H26F2N2. The minimum absolute atomic E-state index is 0.0552. The fraction of sp³-hybridized carbons (Fsp3) is 1.00. The molecule has 0 bridgehead atoms. The molecule has 1 N–H and O–H groups in total. The molecule has 1 heterocycles. The molecule has 2 fully saturated rings. The number of rotatable bonds is 5. The largest absolute Gasteiger partial charge is 0.311 e. The Morgan fingerprint density at radius 2 is 2.06 bits per heavy atom. The van der Waals surface area contributed by atoms with Crippen LogP contribution in [0.3, 0.4) is 0 Å². The van der Waals surface area contributed by atoms with E-state index in [1.807, 2.05) is 0 Å². The quantitative estimate of drug-likeness (QED) is 0.817. The normalized spacial score (nSPS) is 36.0. The Balaban J connectivity index is 2.05. The first-order chi connectivity index (χ1) is 8.47. The van der Waals surface area contributed by atoms with Gasteiger partial charge in [0, 0.05) is 24.7 Å². The van der Waals surface area contributed by atoms with Crippen LogP contribution in [0, 0.1) is 11.8 Å². The summed E-state index contributed by atoms with van der Waals surface area (Å²) in [5.74, 6) is 1.16. The summed E-state index contributed by atoms with van der Waals surface area (Å²) in [6.45, 7) is 8.09. The van der Waals surface area contributed by atoms with Gasteiger partial charge in [-0.05, 0) is 31.6 Å². The van der Waals surface area contributed by atoms with Crippen molar-refractivity contribution >= 4 is 0 Å². The number of nitrogens with one attached hydrogen (secondary N) is 1. The van der Waals surface area contributed by atoms with Crippen molar-refractivity contribution in [1.82, 2.24) is 10.2 Å². The third-order valence-electron chi connectivity index (χ3n) is 5.01. The molecule has 1 saturated carbocycles. The van der Waals surface area contributed by atoms with Crippen LogP contribution < -0.4 is 5.32 Å². The van der Waals surface area contributed by atoms with E-state index in [9.17, 15) is 8.78 Å². The van der Waals surface area contributed by atoms with Gasteiger partial charge in [0.05, 0.1) is 6.54 Å². The maximum atomic E-state index is 12.8. The Kier molecular flexibility index (Phi) is 4.27. The molecule has 1 aliphatic heterocycles. The van der Waals surface area contributed by atoms with Crippen LogP contribution in [0.5, 0.6) is 0 Å². The lowest BCUT2D eigenvalue weighted by atomic mass is 9.86. The SMILES string of the molecule is CCC(C)C1CN(CC(F)F)C(C)(C2CC2)CN1. The first kappa shape index (κ1) is 14.2. The second kappa shape index (κ2) is 5.41. The van der Waals surface area contributed by atoms with Crippen molar-refractivity contribution in [3.63, 3.8) is 0 Å². The molecule has 2 aliphatic rings. The van der Waals surface area contributed by atoms with Crippen LogP contribution in [0.25, 0.3) is 0 Å². The minimum atomic E-state index is -2.22. The molecule has 2 rings (SSSR count). The lowest BCUT2D eigenvalue weighted by Gasteiger charge is -2.49. The van der Waals surface area contributed by atoms with Gasteiger partial charge >= 0.3 is 0 Å². The van der Waals surface area contributed by atoms with E-state index in [0.717, 1.165) is 19.5 Å². The maximum absolute atomic E-state index is 12.8. The molecule has 0 aromatic heterocycles. The molecule has 106 valence electrons. The van der Waals surface area contributed by atoms with E-state index >= 15 is 0 Å². The molecule has 3 unspecified atom stereocenters. The van der Waals surface area contributed by atoms with Gasteiger partial charge in [-0.25, -0.2) is 8.78 Å². The fourth-order valence-corrected chi connectivity index (χ4v) is 3.18. The van der Waals surface area contributed by atoms with Gasteiger partial charge in [0.2, 0.25) is 0 Å². The minimum Gasteiger partial charge on any atom is -0.311 e. The van der Waals surface area contributed by atoms with Crippen LogP contribution in [-0.2, 0) is 0 Å². The van der Waals surface area contributed by atoms with Gasteiger partial charge in [-0.15, -0.1) is 0 Å². The molecule has 1 saturated heterocycles. The molecule has 0 aromatic rings. The fourth-order valence-electron chi connectivity index (χ4n) is 3.18. The Morgan fingerprint density at radius 1 is 1.39 bits per heavy atom. The Morgan fingerprint density at radius 3 is 2.56 bits per heavy atom. The molecule has 0 aromatic carbocycles. The number of alkyl halides is 2. The molecule has 18 heavy (non-hydrogen) atoms. The zero-order valence-electron chi connectivity index (χ0n) is 11.8. The van der Waals surface area contributed by atoms with E-state index in [2.05, 4.69) is 31.0 Å². The molecule has 2 nitrogen and oxygen atoms in total. The predicted octanol–water partition coefficient (Wildman–Crippen LogP) is 2.74. The third-order valence-corrected chi connectivity index (χ3v) is 5.01. The lowest BCUT2D eigenvalue weighted by Crippen LogP contribution is -2.66. The van der Waals surface area contributed by atoms with Crippen molar-refractivity contribution in [3.8, 4) is 0 Å². The van der Waals surface area contributed by atoms with Gasteiger partial charge in [-0.2, -0.15) is 0 Å². The summed E-state index contributed by atoms with van der Waals surface area (Å²) in [5.41, 5.74) is -0.0552. The summed E-state index contributed by atoms with van der Waals surface area (Å²) in [4.78, 5) is 2.06. The van der Waals surface area contributed by atoms with Crippen LogP contribution in [0.15, 0.2) is 0 Å². The number of nitrogens with zero attached hydrogens (tertiary/aromatic N) is 1. The zero-order chi connectivity index (χ0) is 13.3. The first-order valence-electron chi connectivity index (χ1n) is 7.24. The Labute approximate surface area is 109 Å². The smallest absolute Gasteiger partial charge is 0.251 e. The van der Waals surface area contributed by atoms with Gasteiger partial charge in [-0.3, -0.25) is 4.90 Å². The molecule has 4 heteroatoms. The maximum Gasteiger partial charge on any atom is 0.251 e. The van der Waals surface area contributed by atoms with Crippen molar-refractivity contribution in [2.24, 2.45) is 11.8 Å². The highest BCUT2D eigenvalue weighted by Crippen LogP contribution is 2.44. The van der Waals surface area contributed by atoms with E-state index in [1.165, 1.54) is 12.8 Å². The van der Waals surface area contributed by atoms with Gasteiger partial charge in [0.15, 0.2) is 0 Å². The number of hydrogen-bond donors (Lipinski definition) is 1. The van der Waals surface area contributed by atoms with Crippen molar-refractivity contribution in [2.45, 2.75) is 58.0 Å². The zero-order valence-corrected chi connectivity index (χ0v) is 11.8. The summed E-state index contributed by atoms with van der Waals surface area (Å²) in [6, 6.07) is 0.362. The molecule has 0 radical (unpaired) electrons. The van der Waals surface area contributed by atoms with E-state index < -0.39 is 6.43 Å². The highest BCUT2D eigenvalue weighted by Gasteiger charge is 2.49. The monoisotopic (exact) mass is 260 g/mol. The van der Waals surface area contributed by atoms with Crippen LogP contribution >= 0.6 is 0 Å². The summed E-state index contributed by atoms with van der Waals surface area (Å²) >= 11 is 0. The number of piperazine rings is 1. The Bertz CT molecular complexity index is 281. The van der Waals surface area contributed by atoms with E-state index in [0.29, 0.717) is 17.9 Å². The summed E-state index contributed by atoms with van der Waals surface area (Å²) < 4.78 is 25.6. The van der Waals surface area contributed by atoms with Crippen molar-refractivity contribution in [1.29, 1.82) is 0 Å². The topological polar surface area (TPSA) is 15.3 Å². The highest BCUT2D eigenvalue weighted by atomic mass is 19.3. The second-order valence-corrected chi connectivity index (χ2v) is 6.30. The lowest BCUT2D eigenvalue weighted by molar-refractivity contribution is -0.0195. The van der Waals surface area contributed by atoms with E-state index in [-0.39, 0.29) is 12.1 Å². The van der Waals surface area contributed by atoms with Crippen LogP contribution in [0.2, 0.25) is 0 Å². The first-order valence-corrected chi connectivity index (χ1v) is 7.24. The average molecular weight is 260 g/mol. The summed E-state index contributed by atoms with van der Waals surface area (Å²) in [7, 11) is 0. The second-order valence-electron chi connectivity index (χ2n) is 6.30. The van der Waals surface area contributed by atoms with Crippen LogP contribution in [0.4, 0.5) is 8.78 Å². The van der Waals surface area contributed by atoms with Gasteiger partial charge in [0.25, 0.3) is 6.43 Å². The van der Waals surface area contributed by atoms with Crippen LogP contribution in [-0.4, -0.2) is 42.5 Å². The summed E-state index contributed by atoms with van der Waals surface area (Å²) in [6.07, 6.45) is 1.27. The third kappa shape index (κ3) is 2.85. The van der Waals surface area contributed by atoms with Crippen molar-refractivity contribution < 1.29 is 8.78 Å². The molecule has 1 aliphatic carbocycles. The average Bonchev–Trinajstić information content (AvgIpc) is 3.14. The molecule has 0 amide bonds. The molecular weight excluding hydrogens is 234 g/mol. The van der Waals surface area contributed by atoms with Gasteiger partial charge < -0.3 is 5.32 Å². The number of halogens is 2. The number of hydrogen-bond acceptors (Lipinski definition) is 2. The standard InChI is InChI=1S/C14H26F2N2/c1-4-10(2)12-7-18(8-13(15)16)14(3,9-17-12)11-5-6-11/h10-13,17H,4-9H2,1-3H3. The van der Waals surface area contributed by atoms with Crippen molar-refractivity contribution in [2.75, 3.05) is 19.6 Å².